The summed E-state index contributed by atoms with van der Waals surface area (Å²) in [7, 11) is 1.59. The molecule has 3 N–H and O–H groups in total. The zero-order valence-electron chi connectivity index (χ0n) is 20.1. The molecule has 1 atom stereocenters. The standard InChI is InChI=1S/C20H26N2O4.C7H5ClO2/c1-25-18-6-2-3-7-19(18)26-15-17(23)14-22-11-8-20(24,9-12-22)16-5-4-10-21-13-16;8-6-3-1-5(2-4-6)7(9)10/h2-7,10,13,17,23-24H,8-9,11-12,14-15H2,1H3;1-4H,(H,9,10). The molecule has 3 aromatic rings. The summed E-state index contributed by atoms with van der Waals surface area (Å²) in [4.78, 5) is 16.5. The molecule has 0 amide bonds. The number of halogens is 1. The van der Waals surface area contributed by atoms with Crippen LogP contribution in [0.15, 0.2) is 73.1 Å². The van der Waals surface area contributed by atoms with Gasteiger partial charge in [0.2, 0.25) is 0 Å². The molecule has 0 bridgehead atoms. The van der Waals surface area contributed by atoms with Gasteiger partial charge in [0, 0.05) is 42.6 Å². The van der Waals surface area contributed by atoms with E-state index in [0.29, 0.717) is 35.9 Å². The summed E-state index contributed by atoms with van der Waals surface area (Å²) in [6.45, 7) is 2.15. The van der Waals surface area contributed by atoms with E-state index in [1.807, 2.05) is 36.4 Å². The largest absolute Gasteiger partial charge is 0.493 e. The molecule has 36 heavy (non-hydrogen) atoms. The van der Waals surface area contributed by atoms with E-state index in [1.165, 1.54) is 12.1 Å². The maximum Gasteiger partial charge on any atom is 0.335 e. The van der Waals surface area contributed by atoms with Crippen molar-refractivity contribution in [3.8, 4) is 11.5 Å². The van der Waals surface area contributed by atoms with Crippen LogP contribution in [-0.4, -0.2) is 70.6 Å². The van der Waals surface area contributed by atoms with E-state index in [9.17, 15) is 15.0 Å². The molecule has 0 spiro atoms. The maximum atomic E-state index is 10.8. The van der Waals surface area contributed by atoms with Crippen molar-refractivity contribution >= 4 is 17.6 Å². The first kappa shape index (κ1) is 27.4. The molecule has 0 saturated carbocycles. The molecule has 2 heterocycles. The van der Waals surface area contributed by atoms with Crippen molar-refractivity contribution in [2.45, 2.75) is 24.5 Å². The Balaban J connectivity index is 0.000000303. The molecule has 2 aromatic carbocycles. The topological polar surface area (TPSA) is 112 Å². The second-order valence-corrected chi connectivity index (χ2v) is 8.94. The van der Waals surface area contributed by atoms with Gasteiger partial charge >= 0.3 is 5.97 Å². The van der Waals surface area contributed by atoms with Crippen molar-refractivity contribution in [2.24, 2.45) is 0 Å². The molecule has 9 heteroatoms. The Morgan fingerprint density at radius 1 is 1.08 bits per heavy atom. The number of carbonyl (C=O) groups is 1. The van der Waals surface area contributed by atoms with E-state index in [1.54, 1.807) is 31.6 Å². The highest BCUT2D eigenvalue weighted by Crippen LogP contribution is 2.32. The molecular weight excluding hydrogens is 484 g/mol. The lowest BCUT2D eigenvalue weighted by Crippen LogP contribution is -2.46. The van der Waals surface area contributed by atoms with Crippen LogP contribution in [0.3, 0.4) is 0 Å². The zero-order valence-corrected chi connectivity index (χ0v) is 20.8. The number of likely N-dealkylation sites (tertiary alicyclic amines) is 1. The number of hydrogen-bond acceptors (Lipinski definition) is 7. The number of nitrogens with zero attached hydrogens (tertiary/aromatic N) is 2. The number of aliphatic hydroxyl groups excluding tert-OH is 1. The van der Waals surface area contributed by atoms with Crippen molar-refractivity contribution in [1.82, 2.24) is 9.88 Å². The highest BCUT2D eigenvalue weighted by Gasteiger charge is 2.34. The normalized spacial score (nSPS) is 15.8. The molecule has 0 aliphatic carbocycles. The molecule has 4 rings (SSSR count). The van der Waals surface area contributed by atoms with E-state index < -0.39 is 17.7 Å². The fraction of sp³-hybridized carbons (Fsp3) is 0.333. The highest BCUT2D eigenvalue weighted by atomic mass is 35.5. The molecule has 8 nitrogen and oxygen atoms in total. The molecule has 1 aliphatic heterocycles. The second kappa shape index (κ2) is 13.2. The molecule has 1 saturated heterocycles. The smallest absolute Gasteiger partial charge is 0.335 e. The summed E-state index contributed by atoms with van der Waals surface area (Å²) in [6, 6.07) is 17.2. The number of rotatable bonds is 8. The van der Waals surface area contributed by atoms with Crippen LogP contribution in [0.5, 0.6) is 11.5 Å². The number of carboxylic acids is 1. The molecule has 1 aromatic heterocycles. The lowest BCUT2D eigenvalue weighted by molar-refractivity contribution is -0.0375. The lowest BCUT2D eigenvalue weighted by Gasteiger charge is -2.39. The summed E-state index contributed by atoms with van der Waals surface area (Å²) in [5, 5.41) is 30.1. The number of pyridine rings is 1. The van der Waals surface area contributed by atoms with Gasteiger partial charge in [0.05, 0.1) is 18.3 Å². The van der Waals surface area contributed by atoms with Gasteiger partial charge in [0.1, 0.15) is 12.7 Å². The van der Waals surface area contributed by atoms with Gasteiger partial charge < -0.3 is 29.7 Å². The van der Waals surface area contributed by atoms with Crippen LogP contribution >= 0.6 is 11.6 Å². The van der Waals surface area contributed by atoms with Crippen molar-refractivity contribution in [3.05, 3.63) is 89.2 Å². The average molecular weight is 515 g/mol. The van der Waals surface area contributed by atoms with Gasteiger partial charge in [0.15, 0.2) is 11.5 Å². The molecule has 1 aliphatic rings. The first-order chi connectivity index (χ1) is 17.3. The summed E-state index contributed by atoms with van der Waals surface area (Å²) in [5.41, 5.74) is 0.285. The van der Waals surface area contributed by atoms with Crippen LogP contribution in [0.25, 0.3) is 0 Å². The minimum atomic E-state index is -0.934. The molecule has 1 unspecified atom stereocenters. The minimum absolute atomic E-state index is 0.198. The number of hydrogen-bond donors (Lipinski definition) is 3. The maximum absolute atomic E-state index is 10.8. The fourth-order valence-electron chi connectivity index (χ4n) is 3.90. The zero-order chi connectivity index (χ0) is 26.0. The number of β-amino-alcohol motifs (C(OH)–C–C–N with tert-alkyl or cyclic N) is 1. The van der Waals surface area contributed by atoms with Gasteiger partial charge in [-0.1, -0.05) is 29.8 Å². The predicted octanol–water partition coefficient (Wildman–Crippen LogP) is 3.85. The summed E-state index contributed by atoms with van der Waals surface area (Å²) in [5.74, 6) is 0.342. The van der Waals surface area contributed by atoms with Crippen LogP contribution in [-0.2, 0) is 5.60 Å². The van der Waals surface area contributed by atoms with Crippen molar-refractivity contribution < 1.29 is 29.6 Å². The number of benzene rings is 2. The molecule has 0 radical (unpaired) electrons. The number of para-hydroxylation sites is 2. The van der Waals surface area contributed by atoms with E-state index >= 15 is 0 Å². The SMILES string of the molecule is COc1ccccc1OCC(O)CN1CCC(O)(c2cccnc2)CC1.O=C(O)c1ccc(Cl)cc1. The number of aromatic carboxylic acids is 1. The second-order valence-electron chi connectivity index (χ2n) is 8.50. The molecule has 192 valence electrons. The van der Waals surface area contributed by atoms with Crippen molar-refractivity contribution in [1.29, 1.82) is 0 Å². The number of piperidine rings is 1. The first-order valence-corrected chi connectivity index (χ1v) is 12.0. The van der Waals surface area contributed by atoms with Crippen LogP contribution in [0.1, 0.15) is 28.8 Å². The number of ether oxygens (including phenoxy) is 2. The fourth-order valence-corrected chi connectivity index (χ4v) is 4.03. The van der Waals surface area contributed by atoms with E-state index in [2.05, 4.69) is 9.88 Å². The Hall–Kier alpha value is -3.17. The third-order valence-corrected chi connectivity index (χ3v) is 6.19. The van der Waals surface area contributed by atoms with Gasteiger partial charge in [-0.05, 0) is 55.3 Å². The predicted molar refractivity (Wildman–Crippen MR) is 137 cm³/mol. The van der Waals surface area contributed by atoms with E-state index in [4.69, 9.17) is 26.2 Å². The highest BCUT2D eigenvalue weighted by molar-refractivity contribution is 6.30. The summed E-state index contributed by atoms with van der Waals surface area (Å²) >= 11 is 5.52. The lowest BCUT2D eigenvalue weighted by atomic mass is 9.85. The third-order valence-electron chi connectivity index (χ3n) is 5.94. The van der Waals surface area contributed by atoms with Gasteiger partial charge in [-0.25, -0.2) is 4.79 Å². The van der Waals surface area contributed by atoms with Gasteiger partial charge in [-0.2, -0.15) is 0 Å². The van der Waals surface area contributed by atoms with E-state index in [0.717, 1.165) is 18.7 Å². The van der Waals surface area contributed by atoms with Crippen LogP contribution in [0.2, 0.25) is 5.02 Å². The Morgan fingerprint density at radius 3 is 2.33 bits per heavy atom. The monoisotopic (exact) mass is 514 g/mol. The number of aromatic nitrogens is 1. The van der Waals surface area contributed by atoms with Crippen molar-refractivity contribution in [2.75, 3.05) is 33.4 Å². The summed E-state index contributed by atoms with van der Waals surface area (Å²) < 4.78 is 10.9. The van der Waals surface area contributed by atoms with Gasteiger partial charge in [0.25, 0.3) is 0 Å². The number of carboxylic acid groups (broad SMARTS) is 1. The Morgan fingerprint density at radius 2 is 1.75 bits per heavy atom. The average Bonchev–Trinajstić information content (AvgIpc) is 2.90. The third kappa shape index (κ3) is 7.93. The minimum Gasteiger partial charge on any atom is -0.493 e. The van der Waals surface area contributed by atoms with E-state index in [-0.39, 0.29) is 12.2 Å². The Bertz CT molecular complexity index is 1090. The molecule has 1 fully saturated rings. The van der Waals surface area contributed by atoms with Crippen LogP contribution < -0.4 is 9.47 Å². The molecular formula is C27H31ClN2O6. The Kier molecular flexibility index (Phi) is 10.1. The number of methoxy groups -OCH3 is 1. The van der Waals surface area contributed by atoms with Gasteiger partial charge in [-0.15, -0.1) is 0 Å². The van der Waals surface area contributed by atoms with Crippen molar-refractivity contribution in [3.63, 3.8) is 0 Å². The number of aliphatic hydroxyl groups is 2. The first-order valence-electron chi connectivity index (χ1n) is 11.6. The van der Waals surface area contributed by atoms with Gasteiger partial charge in [-0.3, -0.25) is 4.98 Å². The quantitative estimate of drug-likeness (QED) is 0.415. The summed E-state index contributed by atoms with van der Waals surface area (Å²) in [6.07, 6.45) is 4.08. The Labute approximate surface area is 215 Å². The van der Waals surface area contributed by atoms with Crippen LogP contribution in [0, 0.1) is 0 Å². The van der Waals surface area contributed by atoms with Crippen LogP contribution in [0.4, 0.5) is 0 Å².